The zero-order valence-corrected chi connectivity index (χ0v) is 7.12. The zero-order valence-electron chi connectivity index (χ0n) is 7.12. The van der Waals surface area contributed by atoms with Crippen LogP contribution in [0.2, 0.25) is 0 Å². The Bertz CT molecular complexity index is 247. The Hall–Kier alpha value is -0.930. The van der Waals surface area contributed by atoms with Crippen LogP contribution in [0, 0.1) is 0 Å². The lowest BCUT2D eigenvalue weighted by Gasteiger charge is -2.09. The summed E-state index contributed by atoms with van der Waals surface area (Å²) in [5, 5.41) is 6.75. The van der Waals surface area contributed by atoms with E-state index in [-0.39, 0.29) is 0 Å². The van der Waals surface area contributed by atoms with Crippen molar-refractivity contribution in [3.8, 4) is 0 Å². The first-order valence-corrected chi connectivity index (χ1v) is 4.25. The van der Waals surface area contributed by atoms with E-state index in [1.165, 1.54) is 5.56 Å². The van der Waals surface area contributed by atoms with Gasteiger partial charge in [-0.3, -0.25) is 10.3 Å². The van der Waals surface area contributed by atoms with Crippen molar-refractivity contribution >= 4 is 0 Å². The summed E-state index contributed by atoms with van der Waals surface area (Å²) >= 11 is 0. The molecule has 0 aliphatic carbocycles. The van der Waals surface area contributed by atoms with Gasteiger partial charge in [0.05, 0.1) is 6.17 Å². The molecule has 0 radical (unpaired) electrons. The Balaban J connectivity index is 2.11. The number of hydrogen-bond acceptors (Lipinski definition) is 3. The average molecular weight is 163 g/mol. The Kier molecular flexibility index (Phi) is 2.06. The molecule has 1 aliphatic heterocycles. The van der Waals surface area contributed by atoms with Gasteiger partial charge in [-0.25, -0.2) is 0 Å². The monoisotopic (exact) mass is 163 g/mol. The maximum atomic E-state index is 4.09. The number of nitrogens with one attached hydrogen (secondary N) is 2. The van der Waals surface area contributed by atoms with Crippen LogP contribution >= 0.6 is 0 Å². The summed E-state index contributed by atoms with van der Waals surface area (Å²) in [6.07, 6.45) is 4.13. The highest BCUT2D eigenvalue weighted by atomic mass is 15.2. The van der Waals surface area contributed by atoms with Gasteiger partial charge in [0.25, 0.3) is 0 Å². The van der Waals surface area contributed by atoms with E-state index in [1.54, 1.807) is 6.20 Å². The van der Waals surface area contributed by atoms with Gasteiger partial charge in [-0.2, -0.15) is 0 Å². The third-order valence-corrected chi connectivity index (χ3v) is 2.17. The smallest absolute Gasteiger partial charge is 0.0548 e. The van der Waals surface area contributed by atoms with E-state index >= 15 is 0 Å². The second-order valence-electron chi connectivity index (χ2n) is 3.14. The fourth-order valence-corrected chi connectivity index (χ4v) is 1.51. The summed E-state index contributed by atoms with van der Waals surface area (Å²) in [5.74, 6) is 0. The van der Waals surface area contributed by atoms with Crippen molar-refractivity contribution in [3.63, 3.8) is 0 Å². The van der Waals surface area contributed by atoms with Crippen molar-refractivity contribution < 1.29 is 0 Å². The third-order valence-electron chi connectivity index (χ3n) is 2.17. The van der Waals surface area contributed by atoms with Crippen LogP contribution < -0.4 is 10.6 Å². The van der Waals surface area contributed by atoms with E-state index in [0.29, 0.717) is 12.2 Å². The van der Waals surface area contributed by atoms with Gasteiger partial charge < -0.3 is 5.32 Å². The van der Waals surface area contributed by atoms with Gasteiger partial charge >= 0.3 is 0 Å². The highest BCUT2D eigenvalue weighted by Gasteiger charge is 2.20. The van der Waals surface area contributed by atoms with Crippen LogP contribution in [0.5, 0.6) is 0 Å². The van der Waals surface area contributed by atoms with E-state index in [1.807, 2.05) is 12.3 Å². The molecule has 3 nitrogen and oxygen atoms in total. The molecule has 0 bridgehead atoms. The van der Waals surface area contributed by atoms with Crippen LogP contribution in [-0.2, 0) is 0 Å². The average Bonchev–Trinajstić information content (AvgIpc) is 2.54. The van der Waals surface area contributed by atoms with Crippen LogP contribution in [0.25, 0.3) is 0 Å². The largest absolute Gasteiger partial charge is 0.300 e. The molecule has 1 aromatic rings. The van der Waals surface area contributed by atoms with Crippen LogP contribution in [0.15, 0.2) is 24.5 Å². The van der Waals surface area contributed by atoms with E-state index in [0.717, 1.165) is 6.54 Å². The van der Waals surface area contributed by atoms with Gasteiger partial charge in [-0.05, 0) is 18.6 Å². The SMILES string of the molecule is CC1NCC(c2cccnc2)N1. The van der Waals surface area contributed by atoms with Crippen molar-refractivity contribution in [1.82, 2.24) is 15.6 Å². The zero-order chi connectivity index (χ0) is 8.39. The van der Waals surface area contributed by atoms with Crippen LogP contribution in [0.3, 0.4) is 0 Å². The number of rotatable bonds is 1. The number of pyridine rings is 1. The van der Waals surface area contributed by atoms with Gasteiger partial charge in [-0.15, -0.1) is 0 Å². The minimum Gasteiger partial charge on any atom is -0.300 e. The molecule has 12 heavy (non-hydrogen) atoms. The highest BCUT2D eigenvalue weighted by molar-refractivity contribution is 5.15. The summed E-state index contributed by atoms with van der Waals surface area (Å²) in [6.45, 7) is 3.11. The fraction of sp³-hybridized carbons (Fsp3) is 0.444. The first-order valence-electron chi connectivity index (χ1n) is 4.25. The molecular formula is C9H13N3. The van der Waals surface area contributed by atoms with Crippen molar-refractivity contribution in [2.75, 3.05) is 6.54 Å². The minimum absolute atomic E-state index is 0.412. The highest BCUT2D eigenvalue weighted by Crippen LogP contribution is 2.14. The Morgan fingerprint density at radius 3 is 3.08 bits per heavy atom. The molecule has 0 aromatic carbocycles. The van der Waals surface area contributed by atoms with Crippen molar-refractivity contribution in [3.05, 3.63) is 30.1 Å². The standard InChI is InChI=1S/C9H13N3/c1-7-11-6-9(12-7)8-3-2-4-10-5-8/h2-5,7,9,11-12H,6H2,1H3. The molecule has 0 spiro atoms. The fourth-order valence-electron chi connectivity index (χ4n) is 1.51. The summed E-state index contributed by atoms with van der Waals surface area (Å²) in [4.78, 5) is 4.09. The molecule has 1 saturated heterocycles. The number of hydrogen-bond donors (Lipinski definition) is 2. The molecule has 1 aliphatic rings. The number of aromatic nitrogens is 1. The second kappa shape index (κ2) is 3.21. The second-order valence-corrected chi connectivity index (χ2v) is 3.14. The molecule has 2 unspecified atom stereocenters. The van der Waals surface area contributed by atoms with Crippen LogP contribution in [-0.4, -0.2) is 17.7 Å². The van der Waals surface area contributed by atoms with Gasteiger partial charge in [-0.1, -0.05) is 6.07 Å². The molecule has 3 heteroatoms. The van der Waals surface area contributed by atoms with Gasteiger partial charge in [0.2, 0.25) is 0 Å². The molecule has 64 valence electrons. The van der Waals surface area contributed by atoms with Crippen molar-refractivity contribution in [2.24, 2.45) is 0 Å². The lowest BCUT2D eigenvalue weighted by molar-refractivity contribution is 0.569. The molecule has 2 heterocycles. The van der Waals surface area contributed by atoms with Crippen molar-refractivity contribution in [1.29, 1.82) is 0 Å². The summed E-state index contributed by atoms with van der Waals surface area (Å²) in [6, 6.07) is 4.50. The molecule has 0 amide bonds. The predicted molar refractivity (Wildman–Crippen MR) is 47.6 cm³/mol. The summed E-state index contributed by atoms with van der Waals surface area (Å²) < 4.78 is 0. The molecule has 1 aromatic heterocycles. The van der Waals surface area contributed by atoms with Crippen LogP contribution in [0.1, 0.15) is 18.5 Å². The summed E-state index contributed by atoms with van der Waals surface area (Å²) in [5.41, 5.74) is 1.26. The minimum atomic E-state index is 0.412. The lowest BCUT2D eigenvalue weighted by atomic mass is 10.1. The van der Waals surface area contributed by atoms with Gasteiger partial charge in [0, 0.05) is 25.0 Å². The van der Waals surface area contributed by atoms with Crippen molar-refractivity contribution in [2.45, 2.75) is 19.1 Å². The molecular weight excluding hydrogens is 150 g/mol. The number of nitrogens with zero attached hydrogens (tertiary/aromatic N) is 1. The first kappa shape index (κ1) is 7.71. The van der Waals surface area contributed by atoms with E-state index < -0.39 is 0 Å². The normalized spacial score (nSPS) is 29.1. The Labute approximate surface area is 72.2 Å². The lowest BCUT2D eigenvalue weighted by Crippen LogP contribution is -2.27. The van der Waals surface area contributed by atoms with Gasteiger partial charge in [0.15, 0.2) is 0 Å². The maximum Gasteiger partial charge on any atom is 0.0548 e. The molecule has 0 saturated carbocycles. The molecule has 1 fully saturated rings. The molecule has 2 N–H and O–H groups in total. The molecule has 2 rings (SSSR count). The first-order chi connectivity index (χ1) is 5.86. The maximum absolute atomic E-state index is 4.09. The quantitative estimate of drug-likeness (QED) is 0.638. The predicted octanol–water partition coefficient (Wildman–Crippen LogP) is 0.662. The summed E-state index contributed by atoms with van der Waals surface area (Å²) in [7, 11) is 0. The molecule has 2 atom stereocenters. The third kappa shape index (κ3) is 1.47. The van der Waals surface area contributed by atoms with E-state index in [2.05, 4.69) is 28.6 Å². The van der Waals surface area contributed by atoms with Crippen LogP contribution in [0.4, 0.5) is 0 Å². The topological polar surface area (TPSA) is 37.0 Å². The van der Waals surface area contributed by atoms with Gasteiger partial charge in [0.1, 0.15) is 0 Å². The van der Waals surface area contributed by atoms with E-state index in [4.69, 9.17) is 0 Å². The van der Waals surface area contributed by atoms with E-state index in [9.17, 15) is 0 Å². The Morgan fingerprint density at radius 1 is 1.58 bits per heavy atom. The Morgan fingerprint density at radius 2 is 2.50 bits per heavy atom.